The molecule has 0 heterocycles. The van der Waals surface area contributed by atoms with Crippen LogP contribution in [0.15, 0.2) is 24.3 Å². The normalized spacial score (nSPS) is 23.1. The fraction of sp³-hybridized carbons (Fsp3) is 0.500. The van der Waals surface area contributed by atoms with Crippen LogP contribution in [0.2, 0.25) is 0 Å². The minimum atomic E-state index is -0.617. The molecule has 1 fully saturated rings. The van der Waals surface area contributed by atoms with Gasteiger partial charge in [0.2, 0.25) is 0 Å². The minimum Gasteiger partial charge on any atom is -0.388 e. The molecule has 0 radical (unpaired) electrons. The second-order valence-corrected chi connectivity index (χ2v) is 4.67. The maximum Gasteiger partial charge on any atom is 0.138 e. The number of ketones is 1. The van der Waals surface area contributed by atoms with E-state index in [0.717, 1.165) is 24.8 Å². The summed E-state index contributed by atoms with van der Waals surface area (Å²) in [6, 6.07) is 7.79. The second-order valence-electron chi connectivity index (χ2n) is 4.67. The van der Waals surface area contributed by atoms with Crippen LogP contribution in [0.4, 0.5) is 0 Å². The van der Waals surface area contributed by atoms with Gasteiger partial charge in [0.1, 0.15) is 5.78 Å². The highest BCUT2D eigenvalue weighted by Crippen LogP contribution is 2.32. The van der Waals surface area contributed by atoms with E-state index in [0.29, 0.717) is 6.42 Å². The van der Waals surface area contributed by atoms with Gasteiger partial charge >= 0.3 is 0 Å². The predicted octanol–water partition coefficient (Wildman–Crippen LogP) is 2.79. The largest absolute Gasteiger partial charge is 0.388 e. The van der Waals surface area contributed by atoms with Crippen LogP contribution in [0, 0.1) is 12.8 Å². The Morgan fingerprint density at radius 3 is 2.56 bits per heavy atom. The van der Waals surface area contributed by atoms with E-state index in [9.17, 15) is 9.90 Å². The predicted molar refractivity (Wildman–Crippen MR) is 63.1 cm³/mol. The van der Waals surface area contributed by atoms with E-state index < -0.39 is 6.10 Å². The first-order valence-corrected chi connectivity index (χ1v) is 5.96. The number of hydrogen-bond acceptors (Lipinski definition) is 2. The molecule has 16 heavy (non-hydrogen) atoms. The molecule has 1 aromatic rings. The molecule has 2 atom stereocenters. The van der Waals surface area contributed by atoms with Gasteiger partial charge in [0.05, 0.1) is 6.10 Å². The van der Waals surface area contributed by atoms with Gasteiger partial charge in [-0.3, -0.25) is 4.79 Å². The molecule has 2 rings (SSSR count). The number of carbonyl (C=O) groups excluding carboxylic acids is 1. The second kappa shape index (κ2) is 4.79. The lowest BCUT2D eigenvalue weighted by atomic mass is 9.81. The third-order valence-electron chi connectivity index (χ3n) is 3.40. The Bertz CT molecular complexity index is 367. The number of aliphatic hydroxyl groups is 1. The molecule has 1 N–H and O–H groups in total. The van der Waals surface area contributed by atoms with Gasteiger partial charge in [-0.25, -0.2) is 0 Å². The van der Waals surface area contributed by atoms with E-state index in [-0.39, 0.29) is 11.7 Å². The minimum absolute atomic E-state index is 0.184. The van der Waals surface area contributed by atoms with Crippen molar-refractivity contribution in [2.75, 3.05) is 0 Å². The molecule has 1 aliphatic rings. The van der Waals surface area contributed by atoms with E-state index in [1.54, 1.807) is 0 Å². The lowest BCUT2D eigenvalue weighted by molar-refractivity contribution is -0.128. The maximum atomic E-state index is 11.7. The number of Topliss-reactive ketones (excluding diaryl/α,β-unsaturated/α-hetero) is 1. The first kappa shape index (κ1) is 11.3. The Morgan fingerprint density at radius 2 is 1.94 bits per heavy atom. The van der Waals surface area contributed by atoms with Crippen LogP contribution in [0.5, 0.6) is 0 Å². The third kappa shape index (κ3) is 2.33. The van der Waals surface area contributed by atoms with Crippen molar-refractivity contribution >= 4 is 5.78 Å². The number of hydrogen-bond donors (Lipinski definition) is 1. The topological polar surface area (TPSA) is 37.3 Å². The van der Waals surface area contributed by atoms with Crippen LogP contribution in [-0.4, -0.2) is 10.9 Å². The maximum absolute atomic E-state index is 11.7. The molecular formula is C14H18O2. The van der Waals surface area contributed by atoms with Gasteiger partial charge in [0, 0.05) is 12.3 Å². The van der Waals surface area contributed by atoms with Crippen LogP contribution < -0.4 is 0 Å². The number of aliphatic hydroxyl groups excluding tert-OH is 1. The summed E-state index contributed by atoms with van der Waals surface area (Å²) in [4.78, 5) is 11.7. The molecule has 0 aromatic heterocycles. The Morgan fingerprint density at radius 1 is 1.25 bits per heavy atom. The SMILES string of the molecule is Cc1ccc([C@@H](O)[C@@H]2CCCCC2=O)cc1. The highest BCUT2D eigenvalue weighted by Gasteiger charge is 2.29. The number of rotatable bonds is 2. The highest BCUT2D eigenvalue weighted by atomic mass is 16.3. The van der Waals surface area contributed by atoms with E-state index in [4.69, 9.17) is 0 Å². The van der Waals surface area contributed by atoms with Crippen molar-refractivity contribution in [3.8, 4) is 0 Å². The lowest BCUT2D eigenvalue weighted by Crippen LogP contribution is -2.25. The van der Waals surface area contributed by atoms with Crippen molar-refractivity contribution in [2.24, 2.45) is 5.92 Å². The summed E-state index contributed by atoms with van der Waals surface area (Å²) >= 11 is 0. The summed E-state index contributed by atoms with van der Waals surface area (Å²) < 4.78 is 0. The molecule has 1 saturated carbocycles. The summed E-state index contributed by atoms with van der Waals surface area (Å²) in [5.41, 5.74) is 2.04. The molecule has 0 saturated heterocycles. The molecule has 1 aliphatic carbocycles. The van der Waals surface area contributed by atoms with Crippen LogP contribution >= 0.6 is 0 Å². The highest BCUT2D eigenvalue weighted by molar-refractivity contribution is 5.82. The smallest absolute Gasteiger partial charge is 0.138 e. The molecule has 0 spiro atoms. The molecule has 0 amide bonds. The summed E-state index contributed by atoms with van der Waals surface area (Å²) in [5.74, 6) is 0.0378. The van der Waals surface area contributed by atoms with Crippen molar-refractivity contribution < 1.29 is 9.90 Å². The number of carbonyl (C=O) groups is 1. The standard InChI is InChI=1S/C14H18O2/c1-10-6-8-11(9-7-10)14(16)12-4-2-3-5-13(12)15/h6-9,12,14,16H,2-5H2,1H3/t12-,14-/m1/s1. The van der Waals surface area contributed by atoms with Gasteiger partial charge in [-0.1, -0.05) is 36.2 Å². The van der Waals surface area contributed by atoms with Crippen LogP contribution in [0.25, 0.3) is 0 Å². The van der Waals surface area contributed by atoms with Crippen LogP contribution in [-0.2, 0) is 4.79 Å². The molecule has 86 valence electrons. The molecule has 0 bridgehead atoms. The molecule has 1 aromatic carbocycles. The summed E-state index contributed by atoms with van der Waals surface area (Å²) in [6.45, 7) is 2.02. The van der Waals surface area contributed by atoms with Crippen molar-refractivity contribution in [2.45, 2.75) is 38.7 Å². The van der Waals surface area contributed by atoms with Crippen molar-refractivity contribution in [1.29, 1.82) is 0 Å². The lowest BCUT2D eigenvalue weighted by Gasteiger charge is -2.25. The average Bonchev–Trinajstić information content (AvgIpc) is 2.30. The summed E-state index contributed by atoms with van der Waals surface area (Å²) in [5, 5.41) is 10.2. The monoisotopic (exact) mass is 218 g/mol. The fourth-order valence-electron chi connectivity index (χ4n) is 2.34. The molecular weight excluding hydrogens is 200 g/mol. The number of aryl methyl sites for hydroxylation is 1. The summed E-state index contributed by atoms with van der Waals surface area (Å²) in [7, 11) is 0. The van der Waals surface area contributed by atoms with Crippen molar-refractivity contribution in [3.63, 3.8) is 0 Å². The van der Waals surface area contributed by atoms with Gasteiger partial charge in [-0.05, 0) is 25.3 Å². The first-order valence-electron chi connectivity index (χ1n) is 5.96. The van der Waals surface area contributed by atoms with Gasteiger partial charge in [0.15, 0.2) is 0 Å². The molecule has 0 unspecified atom stereocenters. The zero-order valence-corrected chi connectivity index (χ0v) is 9.65. The van der Waals surface area contributed by atoms with E-state index in [1.807, 2.05) is 31.2 Å². The quantitative estimate of drug-likeness (QED) is 0.828. The Balaban J connectivity index is 2.14. The zero-order chi connectivity index (χ0) is 11.5. The zero-order valence-electron chi connectivity index (χ0n) is 9.65. The van der Waals surface area contributed by atoms with Gasteiger partial charge in [-0.2, -0.15) is 0 Å². The molecule has 2 heteroatoms. The van der Waals surface area contributed by atoms with Gasteiger partial charge < -0.3 is 5.11 Å². The Kier molecular flexibility index (Phi) is 3.39. The van der Waals surface area contributed by atoms with Crippen molar-refractivity contribution in [1.82, 2.24) is 0 Å². The summed E-state index contributed by atoms with van der Waals surface area (Å²) in [6.07, 6.45) is 2.88. The van der Waals surface area contributed by atoms with E-state index >= 15 is 0 Å². The number of benzene rings is 1. The fourth-order valence-corrected chi connectivity index (χ4v) is 2.34. The average molecular weight is 218 g/mol. The van der Waals surface area contributed by atoms with Gasteiger partial charge in [0.25, 0.3) is 0 Å². The Hall–Kier alpha value is -1.15. The van der Waals surface area contributed by atoms with Crippen LogP contribution in [0.3, 0.4) is 0 Å². The first-order chi connectivity index (χ1) is 7.68. The Labute approximate surface area is 96.3 Å². The third-order valence-corrected chi connectivity index (χ3v) is 3.40. The van der Waals surface area contributed by atoms with Crippen LogP contribution in [0.1, 0.15) is 42.9 Å². The van der Waals surface area contributed by atoms with Crippen molar-refractivity contribution in [3.05, 3.63) is 35.4 Å². The van der Waals surface area contributed by atoms with E-state index in [1.165, 1.54) is 5.56 Å². The van der Waals surface area contributed by atoms with E-state index in [2.05, 4.69) is 0 Å². The molecule has 2 nitrogen and oxygen atoms in total. The van der Waals surface area contributed by atoms with Gasteiger partial charge in [-0.15, -0.1) is 0 Å². The molecule has 0 aliphatic heterocycles.